The van der Waals surface area contributed by atoms with Gasteiger partial charge in [-0.3, -0.25) is 4.57 Å². The number of hydrogen-bond donors (Lipinski definition) is 1. The van der Waals surface area contributed by atoms with Gasteiger partial charge in [-0.2, -0.15) is 0 Å². The van der Waals surface area contributed by atoms with Crippen LogP contribution in [0.3, 0.4) is 0 Å². The van der Waals surface area contributed by atoms with E-state index in [1.54, 1.807) is 11.3 Å². The largest absolute Gasteiger partial charge is 0.329 e. The first-order valence-corrected chi connectivity index (χ1v) is 6.52. The molecule has 4 nitrogen and oxygen atoms in total. The first-order chi connectivity index (χ1) is 8.24. The molecule has 17 heavy (non-hydrogen) atoms. The standard InChI is InChI=1S/C11H10N4S2/c1-7-2-3-9-10(13-7)15(11(16)14-9)4-8-5-17-6-12-8/h2-3,5-6H,4H2,1H3,(H,14,16). The van der Waals surface area contributed by atoms with Crippen LogP contribution in [-0.4, -0.2) is 19.5 Å². The van der Waals surface area contributed by atoms with Crippen molar-refractivity contribution in [2.75, 3.05) is 0 Å². The molecule has 0 atom stereocenters. The highest BCUT2D eigenvalue weighted by Crippen LogP contribution is 2.14. The molecule has 0 aromatic carbocycles. The minimum Gasteiger partial charge on any atom is -0.329 e. The van der Waals surface area contributed by atoms with Crippen LogP contribution in [0.25, 0.3) is 11.2 Å². The molecule has 0 aliphatic carbocycles. The third-order valence-corrected chi connectivity index (χ3v) is 3.52. The van der Waals surface area contributed by atoms with Crippen LogP contribution < -0.4 is 0 Å². The van der Waals surface area contributed by atoms with E-state index in [4.69, 9.17) is 12.2 Å². The van der Waals surface area contributed by atoms with Gasteiger partial charge in [-0.15, -0.1) is 11.3 Å². The van der Waals surface area contributed by atoms with E-state index in [2.05, 4.69) is 15.0 Å². The van der Waals surface area contributed by atoms with E-state index in [0.29, 0.717) is 11.3 Å². The van der Waals surface area contributed by atoms with Crippen LogP contribution in [-0.2, 0) is 6.54 Å². The van der Waals surface area contributed by atoms with Crippen molar-refractivity contribution in [3.05, 3.63) is 39.2 Å². The second kappa shape index (κ2) is 4.05. The molecule has 0 amide bonds. The van der Waals surface area contributed by atoms with Crippen molar-refractivity contribution in [3.8, 4) is 0 Å². The monoisotopic (exact) mass is 262 g/mol. The molecule has 3 aromatic rings. The Kier molecular flexibility index (Phi) is 2.53. The van der Waals surface area contributed by atoms with Gasteiger partial charge in [-0.05, 0) is 31.3 Å². The second-order valence-electron chi connectivity index (χ2n) is 3.82. The van der Waals surface area contributed by atoms with Crippen LogP contribution in [0.5, 0.6) is 0 Å². The third-order valence-electron chi connectivity index (χ3n) is 2.56. The van der Waals surface area contributed by atoms with Crippen LogP contribution in [0, 0.1) is 11.7 Å². The molecule has 3 heterocycles. The van der Waals surface area contributed by atoms with Crippen molar-refractivity contribution in [1.29, 1.82) is 0 Å². The van der Waals surface area contributed by atoms with Gasteiger partial charge >= 0.3 is 0 Å². The zero-order valence-electron chi connectivity index (χ0n) is 9.17. The molecule has 0 unspecified atom stereocenters. The van der Waals surface area contributed by atoms with Crippen LogP contribution in [0.2, 0.25) is 0 Å². The lowest BCUT2D eigenvalue weighted by molar-refractivity contribution is 0.781. The summed E-state index contributed by atoms with van der Waals surface area (Å²) >= 11 is 6.90. The first kappa shape index (κ1) is 10.6. The Morgan fingerprint density at radius 3 is 3.12 bits per heavy atom. The molecule has 0 aliphatic heterocycles. The van der Waals surface area contributed by atoms with Crippen LogP contribution in [0.15, 0.2) is 23.0 Å². The lowest BCUT2D eigenvalue weighted by Crippen LogP contribution is -2.01. The number of aromatic amines is 1. The summed E-state index contributed by atoms with van der Waals surface area (Å²) in [6.45, 7) is 2.64. The molecule has 0 radical (unpaired) electrons. The number of imidazole rings is 1. The lowest BCUT2D eigenvalue weighted by Gasteiger charge is -2.01. The molecule has 3 rings (SSSR count). The summed E-state index contributed by atoms with van der Waals surface area (Å²) in [5.74, 6) is 0. The lowest BCUT2D eigenvalue weighted by atomic mass is 10.3. The summed E-state index contributed by atoms with van der Waals surface area (Å²) in [7, 11) is 0. The number of thiazole rings is 1. The number of pyridine rings is 1. The van der Waals surface area contributed by atoms with Gasteiger partial charge in [0.1, 0.15) is 0 Å². The maximum atomic E-state index is 5.31. The highest BCUT2D eigenvalue weighted by molar-refractivity contribution is 7.71. The number of rotatable bonds is 2. The fraction of sp³-hybridized carbons (Fsp3) is 0.182. The minimum atomic E-state index is 0.665. The summed E-state index contributed by atoms with van der Waals surface area (Å²) in [5.41, 5.74) is 5.68. The van der Waals surface area contributed by atoms with Gasteiger partial charge in [-0.25, -0.2) is 9.97 Å². The number of nitrogens with one attached hydrogen (secondary N) is 1. The van der Waals surface area contributed by atoms with E-state index in [1.165, 1.54) is 0 Å². The zero-order valence-corrected chi connectivity index (χ0v) is 10.8. The summed E-state index contributed by atoms with van der Waals surface area (Å²) in [4.78, 5) is 11.9. The molecular weight excluding hydrogens is 252 g/mol. The number of nitrogens with zero attached hydrogens (tertiary/aromatic N) is 3. The van der Waals surface area contributed by atoms with Gasteiger partial charge in [0.15, 0.2) is 10.4 Å². The Morgan fingerprint density at radius 2 is 2.35 bits per heavy atom. The van der Waals surface area contributed by atoms with Gasteiger partial charge < -0.3 is 4.98 Å². The van der Waals surface area contributed by atoms with Gasteiger partial charge in [0, 0.05) is 11.1 Å². The van der Waals surface area contributed by atoms with Crippen molar-refractivity contribution in [1.82, 2.24) is 19.5 Å². The van der Waals surface area contributed by atoms with E-state index >= 15 is 0 Å². The summed E-state index contributed by atoms with van der Waals surface area (Å²) < 4.78 is 2.67. The predicted molar refractivity (Wildman–Crippen MR) is 70.9 cm³/mol. The molecule has 0 spiro atoms. The molecular formula is C11H10N4S2. The highest BCUT2D eigenvalue weighted by atomic mass is 32.1. The normalized spacial score (nSPS) is 11.1. The Labute approximate surface area is 107 Å². The van der Waals surface area contributed by atoms with Crippen molar-refractivity contribution in [2.45, 2.75) is 13.5 Å². The fourth-order valence-electron chi connectivity index (χ4n) is 1.75. The SMILES string of the molecule is Cc1ccc2[nH]c(=S)n(Cc3cscn3)c2n1. The topological polar surface area (TPSA) is 46.5 Å². The first-order valence-electron chi connectivity index (χ1n) is 5.17. The fourth-order valence-corrected chi connectivity index (χ4v) is 2.56. The third kappa shape index (κ3) is 1.89. The van der Waals surface area contributed by atoms with Crippen LogP contribution in [0.1, 0.15) is 11.4 Å². The van der Waals surface area contributed by atoms with Crippen molar-refractivity contribution in [2.24, 2.45) is 0 Å². The highest BCUT2D eigenvalue weighted by Gasteiger charge is 2.07. The smallest absolute Gasteiger partial charge is 0.179 e. The Balaban J connectivity index is 2.17. The quantitative estimate of drug-likeness (QED) is 0.722. The number of fused-ring (bicyclic) bond motifs is 1. The van der Waals surface area contributed by atoms with E-state index in [1.807, 2.05) is 34.5 Å². The Bertz CT molecular complexity index is 709. The van der Waals surface area contributed by atoms with Gasteiger partial charge in [-0.1, -0.05) is 0 Å². The molecule has 0 saturated heterocycles. The van der Waals surface area contributed by atoms with Crippen molar-refractivity contribution >= 4 is 34.7 Å². The average Bonchev–Trinajstić information content (AvgIpc) is 2.90. The molecule has 1 N–H and O–H groups in total. The van der Waals surface area contributed by atoms with Crippen molar-refractivity contribution in [3.63, 3.8) is 0 Å². The number of H-pyrrole nitrogens is 1. The number of hydrogen-bond acceptors (Lipinski definition) is 4. The molecule has 0 aliphatic rings. The van der Waals surface area contributed by atoms with Gasteiger partial charge in [0.2, 0.25) is 0 Å². The van der Waals surface area contributed by atoms with Crippen molar-refractivity contribution < 1.29 is 0 Å². The molecule has 0 saturated carbocycles. The summed E-state index contributed by atoms with van der Waals surface area (Å²) in [5, 5.41) is 2.02. The van der Waals surface area contributed by atoms with E-state index in [0.717, 1.165) is 22.6 Å². The van der Waals surface area contributed by atoms with Crippen LogP contribution >= 0.6 is 23.6 Å². The number of aryl methyl sites for hydroxylation is 1. The maximum Gasteiger partial charge on any atom is 0.179 e. The minimum absolute atomic E-state index is 0.665. The van der Waals surface area contributed by atoms with E-state index in [9.17, 15) is 0 Å². The molecule has 86 valence electrons. The maximum absolute atomic E-state index is 5.31. The molecule has 0 fully saturated rings. The van der Waals surface area contributed by atoms with Gasteiger partial charge in [0.05, 0.1) is 23.3 Å². The molecule has 0 bridgehead atoms. The van der Waals surface area contributed by atoms with E-state index in [-0.39, 0.29) is 0 Å². The molecule has 6 heteroatoms. The van der Waals surface area contributed by atoms with Crippen LogP contribution in [0.4, 0.5) is 0 Å². The molecule has 3 aromatic heterocycles. The number of aromatic nitrogens is 4. The predicted octanol–water partition coefficient (Wildman–Crippen LogP) is 2.91. The second-order valence-corrected chi connectivity index (χ2v) is 4.93. The summed E-state index contributed by atoms with van der Waals surface area (Å²) in [6, 6.07) is 3.98. The van der Waals surface area contributed by atoms with E-state index < -0.39 is 0 Å². The Hall–Kier alpha value is -1.53. The Morgan fingerprint density at radius 1 is 1.47 bits per heavy atom. The summed E-state index contributed by atoms with van der Waals surface area (Å²) in [6.07, 6.45) is 0. The zero-order chi connectivity index (χ0) is 11.8. The van der Waals surface area contributed by atoms with Gasteiger partial charge in [0.25, 0.3) is 0 Å². The average molecular weight is 262 g/mol.